The number of carbonyl (C=O) groups is 1. The maximum atomic E-state index is 11.7. The predicted molar refractivity (Wildman–Crippen MR) is 83.8 cm³/mol. The Morgan fingerprint density at radius 1 is 1.33 bits per heavy atom. The number of carbonyl (C=O) groups excluding carboxylic acids is 1. The summed E-state index contributed by atoms with van der Waals surface area (Å²) >= 11 is 0. The van der Waals surface area contributed by atoms with Crippen molar-refractivity contribution in [3.8, 4) is 0 Å². The highest BCUT2D eigenvalue weighted by Gasteiger charge is 2.05. The van der Waals surface area contributed by atoms with E-state index in [9.17, 15) is 4.79 Å². The third-order valence-electron chi connectivity index (χ3n) is 2.83. The van der Waals surface area contributed by atoms with Crippen molar-refractivity contribution in [3.63, 3.8) is 0 Å². The number of nitrogens with zero attached hydrogens (tertiary/aromatic N) is 3. The molecule has 0 spiro atoms. The average Bonchev–Trinajstić information content (AvgIpc) is 2.77. The fraction of sp³-hybridized carbons (Fsp3) is 0.188. The lowest BCUT2D eigenvalue weighted by Crippen LogP contribution is -2.24. The number of hydrogen-bond donors (Lipinski definition) is 1. The van der Waals surface area contributed by atoms with Crippen LogP contribution in [0, 0.1) is 13.8 Å². The molecule has 1 aromatic carbocycles. The quantitative estimate of drug-likeness (QED) is 0.676. The molecule has 21 heavy (non-hydrogen) atoms. The number of aryl methyl sites for hydroxylation is 2. The van der Waals surface area contributed by atoms with E-state index >= 15 is 0 Å². The lowest BCUT2D eigenvalue weighted by molar-refractivity contribution is -0.121. The maximum Gasteiger partial charge on any atom is 0.261 e. The van der Waals surface area contributed by atoms with Crippen molar-refractivity contribution in [1.29, 1.82) is 0 Å². The number of hydrogen-bond acceptors (Lipinski definition) is 3. The molecule has 0 unspecified atom stereocenters. The molecule has 1 amide bonds. The summed E-state index contributed by atoms with van der Waals surface area (Å²) in [6.07, 6.45) is 5.24. The topological polar surface area (TPSA) is 59.3 Å². The van der Waals surface area contributed by atoms with Crippen LogP contribution < -0.4 is 5.43 Å². The van der Waals surface area contributed by atoms with E-state index in [-0.39, 0.29) is 12.5 Å². The minimum atomic E-state index is -0.203. The highest BCUT2D eigenvalue weighted by Crippen LogP contribution is 2.01. The Kier molecular flexibility index (Phi) is 5.04. The van der Waals surface area contributed by atoms with Crippen LogP contribution >= 0.6 is 0 Å². The zero-order valence-corrected chi connectivity index (χ0v) is 12.2. The molecule has 0 radical (unpaired) electrons. The fourth-order valence-corrected chi connectivity index (χ4v) is 1.88. The van der Waals surface area contributed by atoms with Gasteiger partial charge in [0.1, 0.15) is 6.54 Å². The molecular weight excluding hydrogens is 264 g/mol. The van der Waals surface area contributed by atoms with Gasteiger partial charge in [0.05, 0.1) is 5.69 Å². The molecule has 0 aliphatic rings. The summed E-state index contributed by atoms with van der Waals surface area (Å²) < 4.78 is 1.65. The van der Waals surface area contributed by atoms with E-state index in [4.69, 9.17) is 0 Å². The van der Waals surface area contributed by atoms with Gasteiger partial charge in [0.25, 0.3) is 5.91 Å². The molecule has 5 nitrogen and oxygen atoms in total. The van der Waals surface area contributed by atoms with Crippen molar-refractivity contribution in [1.82, 2.24) is 15.2 Å². The Balaban J connectivity index is 1.80. The minimum Gasteiger partial charge on any atom is -0.271 e. The first-order chi connectivity index (χ1) is 10.1. The Hall–Kier alpha value is -2.69. The van der Waals surface area contributed by atoms with Gasteiger partial charge in [0.2, 0.25) is 0 Å². The molecule has 108 valence electrons. The van der Waals surface area contributed by atoms with E-state index in [1.807, 2.05) is 56.3 Å². The summed E-state index contributed by atoms with van der Waals surface area (Å²) in [5.74, 6) is -0.203. The third kappa shape index (κ3) is 4.72. The number of hydrazone groups is 1. The molecule has 0 saturated carbocycles. The van der Waals surface area contributed by atoms with Crippen molar-refractivity contribution >= 4 is 18.2 Å². The van der Waals surface area contributed by atoms with Gasteiger partial charge in [0.15, 0.2) is 0 Å². The number of benzene rings is 1. The summed E-state index contributed by atoms with van der Waals surface area (Å²) in [5, 5.41) is 8.09. The number of allylic oxidation sites excluding steroid dienone is 1. The molecule has 0 saturated heterocycles. The molecule has 2 aromatic rings. The zero-order valence-electron chi connectivity index (χ0n) is 12.2. The molecule has 0 bridgehead atoms. The molecule has 2 rings (SSSR count). The predicted octanol–water partition coefficient (Wildman–Crippen LogP) is 2.32. The van der Waals surface area contributed by atoms with Gasteiger partial charge in [-0.1, -0.05) is 36.4 Å². The maximum absolute atomic E-state index is 11.7. The minimum absolute atomic E-state index is 0.166. The van der Waals surface area contributed by atoms with Gasteiger partial charge in [-0.3, -0.25) is 9.48 Å². The van der Waals surface area contributed by atoms with Gasteiger partial charge in [-0.15, -0.1) is 0 Å². The van der Waals surface area contributed by atoms with Crippen LogP contribution in [0.15, 0.2) is 47.6 Å². The number of rotatable bonds is 5. The van der Waals surface area contributed by atoms with E-state index in [0.29, 0.717) is 0 Å². The van der Waals surface area contributed by atoms with Crippen LogP contribution in [0.3, 0.4) is 0 Å². The van der Waals surface area contributed by atoms with Crippen molar-refractivity contribution in [2.75, 3.05) is 0 Å². The van der Waals surface area contributed by atoms with Crippen LogP contribution in [0.25, 0.3) is 6.08 Å². The van der Waals surface area contributed by atoms with E-state index < -0.39 is 0 Å². The van der Waals surface area contributed by atoms with Gasteiger partial charge in [-0.05, 0) is 31.6 Å². The Bertz CT molecular complexity index is 656. The van der Waals surface area contributed by atoms with E-state index in [2.05, 4.69) is 15.6 Å². The van der Waals surface area contributed by atoms with Crippen LogP contribution in [0.4, 0.5) is 0 Å². The largest absolute Gasteiger partial charge is 0.271 e. The molecule has 1 aromatic heterocycles. The zero-order chi connectivity index (χ0) is 15.1. The molecule has 0 atom stereocenters. The first kappa shape index (κ1) is 14.7. The smallest absolute Gasteiger partial charge is 0.261 e. The molecule has 0 fully saturated rings. The van der Waals surface area contributed by atoms with Crippen molar-refractivity contribution in [2.45, 2.75) is 20.4 Å². The van der Waals surface area contributed by atoms with E-state index in [1.54, 1.807) is 17.0 Å². The molecular formula is C16H18N4O. The first-order valence-corrected chi connectivity index (χ1v) is 6.70. The van der Waals surface area contributed by atoms with Gasteiger partial charge in [-0.25, -0.2) is 5.43 Å². The van der Waals surface area contributed by atoms with Crippen molar-refractivity contribution in [3.05, 3.63) is 59.4 Å². The van der Waals surface area contributed by atoms with Gasteiger partial charge in [-0.2, -0.15) is 10.2 Å². The molecule has 1 N–H and O–H groups in total. The molecule has 0 aliphatic carbocycles. The number of amides is 1. The second-order valence-corrected chi connectivity index (χ2v) is 4.67. The summed E-state index contributed by atoms with van der Waals surface area (Å²) in [6.45, 7) is 3.98. The SMILES string of the molecule is Cc1cc(C)n(CC(=O)N/N=C\C=C\c2ccccc2)n1. The Morgan fingerprint density at radius 3 is 2.76 bits per heavy atom. The average molecular weight is 282 g/mol. The van der Waals surface area contributed by atoms with Crippen LogP contribution in [-0.4, -0.2) is 21.9 Å². The monoisotopic (exact) mass is 282 g/mol. The van der Waals surface area contributed by atoms with E-state index in [1.165, 1.54) is 0 Å². The second kappa shape index (κ2) is 7.19. The fourth-order valence-electron chi connectivity index (χ4n) is 1.88. The van der Waals surface area contributed by atoms with E-state index in [0.717, 1.165) is 17.0 Å². The molecule has 0 aliphatic heterocycles. The highest BCUT2D eigenvalue weighted by molar-refractivity contribution is 5.81. The number of aromatic nitrogens is 2. The number of nitrogens with one attached hydrogen (secondary N) is 1. The lowest BCUT2D eigenvalue weighted by Gasteiger charge is -2.02. The van der Waals surface area contributed by atoms with Crippen molar-refractivity contribution < 1.29 is 4.79 Å². The lowest BCUT2D eigenvalue weighted by atomic mass is 10.2. The normalized spacial score (nSPS) is 11.3. The molecule has 5 heteroatoms. The molecule has 1 heterocycles. The standard InChI is InChI=1S/C16H18N4O/c1-13-11-14(2)20(19-13)12-16(21)18-17-10-6-9-15-7-4-3-5-8-15/h3-11H,12H2,1-2H3,(H,18,21)/b9-6+,17-10-. The van der Waals surface area contributed by atoms with Crippen molar-refractivity contribution in [2.24, 2.45) is 5.10 Å². The summed E-state index contributed by atoms with van der Waals surface area (Å²) in [5.41, 5.74) is 5.41. The third-order valence-corrected chi connectivity index (χ3v) is 2.83. The Morgan fingerprint density at radius 2 is 2.10 bits per heavy atom. The van der Waals surface area contributed by atoms with Crippen LogP contribution in [0.2, 0.25) is 0 Å². The second-order valence-electron chi connectivity index (χ2n) is 4.67. The summed E-state index contributed by atoms with van der Waals surface area (Å²) in [6, 6.07) is 11.8. The first-order valence-electron chi connectivity index (χ1n) is 6.70. The summed E-state index contributed by atoms with van der Waals surface area (Å²) in [4.78, 5) is 11.7. The van der Waals surface area contributed by atoms with Crippen LogP contribution in [0.5, 0.6) is 0 Å². The van der Waals surface area contributed by atoms with Gasteiger partial charge in [0, 0.05) is 11.9 Å². The highest BCUT2D eigenvalue weighted by atomic mass is 16.2. The van der Waals surface area contributed by atoms with Crippen LogP contribution in [0.1, 0.15) is 17.0 Å². The van der Waals surface area contributed by atoms with Crippen LogP contribution in [-0.2, 0) is 11.3 Å². The van der Waals surface area contributed by atoms with Gasteiger partial charge >= 0.3 is 0 Å². The van der Waals surface area contributed by atoms with Gasteiger partial charge < -0.3 is 0 Å². The summed E-state index contributed by atoms with van der Waals surface area (Å²) in [7, 11) is 0. The Labute approximate surface area is 124 Å².